The standard InChI is InChI=1S/C13H9FN4O/c1-18-13-10(6-17-18)11(15-7-16-13)12(19)8-2-4-9(14)5-3-8/h2-7H,1H3. The fourth-order valence-corrected chi connectivity index (χ4v) is 1.88. The van der Waals surface area contributed by atoms with Gasteiger partial charge in [0.1, 0.15) is 17.8 Å². The quantitative estimate of drug-likeness (QED) is 0.655. The Morgan fingerprint density at radius 3 is 2.68 bits per heavy atom. The molecule has 0 N–H and O–H groups in total. The second-order valence-electron chi connectivity index (χ2n) is 4.06. The Kier molecular flexibility index (Phi) is 2.56. The van der Waals surface area contributed by atoms with Crippen LogP contribution in [0.3, 0.4) is 0 Å². The summed E-state index contributed by atoms with van der Waals surface area (Å²) in [6, 6.07) is 5.35. The van der Waals surface area contributed by atoms with Gasteiger partial charge in [-0.2, -0.15) is 5.10 Å². The van der Waals surface area contributed by atoms with Crippen LogP contribution >= 0.6 is 0 Å². The van der Waals surface area contributed by atoms with Gasteiger partial charge in [0.25, 0.3) is 0 Å². The second-order valence-corrected chi connectivity index (χ2v) is 4.06. The van der Waals surface area contributed by atoms with Gasteiger partial charge in [-0.1, -0.05) is 0 Å². The number of carbonyl (C=O) groups is 1. The molecule has 0 amide bonds. The summed E-state index contributed by atoms with van der Waals surface area (Å²) < 4.78 is 14.4. The van der Waals surface area contributed by atoms with Crippen LogP contribution in [0.4, 0.5) is 4.39 Å². The van der Waals surface area contributed by atoms with Crippen LogP contribution in [0.25, 0.3) is 11.0 Å². The molecule has 0 saturated heterocycles. The molecule has 1 aromatic carbocycles. The van der Waals surface area contributed by atoms with Gasteiger partial charge in [-0.15, -0.1) is 0 Å². The fraction of sp³-hybridized carbons (Fsp3) is 0.0769. The Morgan fingerprint density at radius 2 is 1.95 bits per heavy atom. The summed E-state index contributed by atoms with van der Waals surface area (Å²) in [5.41, 5.74) is 1.23. The van der Waals surface area contributed by atoms with Gasteiger partial charge in [-0.25, -0.2) is 14.4 Å². The Balaban J connectivity index is 2.14. The number of fused-ring (bicyclic) bond motifs is 1. The first-order chi connectivity index (χ1) is 9.16. The molecule has 3 aromatic rings. The molecule has 3 rings (SSSR count). The third kappa shape index (κ3) is 1.87. The molecular formula is C13H9FN4O. The smallest absolute Gasteiger partial charge is 0.212 e. The molecule has 0 aliphatic rings. The van der Waals surface area contributed by atoms with Crippen molar-refractivity contribution < 1.29 is 9.18 Å². The first-order valence-electron chi connectivity index (χ1n) is 5.60. The molecule has 0 saturated carbocycles. The van der Waals surface area contributed by atoms with E-state index in [9.17, 15) is 9.18 Å². The molecule has 0 radical (unpaired) electrons. The number of halogens is 1. The molecule has 2 heterocycles. The van der Waals surface area contributed by atoms with Gasteiger partial charge in [-0.3, -0.25) is 9.48 Å². The van der Waals surface area contributed by atoms with Crippen molar-refractivity contribution in [1.29, 1.82) is 0 Å². The van der Waals surface area contributed by atoms with Crippen molar-refractivity contribution in [2.24, 2.45) is 7.05 Å². The van der Waals surface area contributed by atoms with Crippen molar-refractivity contribution >= 4 is 16.8 Å². The molecule has 0 aliphatic heterocycles. The lowest BCUT2D eigenvalue weighted by Gasteiger charge is -2.01. The number of hydrogen-bond donors (Lipinski definition) is 0. The molecule has 0 bridgehead atoms. The monoisotopic (exact) mass is 256 g/mol. The summed E-state index contributed by atoms with van der Waals surface area (Å²) in [4.78, 5) is 20.4. The number of hydrogen-bond acceptors (Lipinski definition) is 4. The number of carbonyl (C=O) groups excluding carboxylic acids is 1. The van der Waals surface area contributed by atoms with Gasteiger partial charge >= 0.3 is 0 Å². The molecule has 2 aromatic heterocycles. The van der Waals surface area contributed by atoms with Gasteiger partial charge in [0.2, 0.25) is 5.78 Å². The van der Waals surface area contributed by atoms with Crippen LogP contribution in [0.5, 0.6) is 0 Å². The van der Waals surface area contributed by atoms with Crippen molar-refractivity contribution in [1.82, 2.24) is 19.7 Å². The Bertz CT molecular complexity index is 764. The van der Waals surface area contributed by atoms with E-state index in [2.05, 4.69) is 15.1 Å². The molecule has 6 heteroatoms. The van der Waals surface area contributed by atoms with E-state index in [1.54, 1.807) is 17.9 Å². The van der Waals surface area contributed by atoms with Crippen molar-refractivity contribution in [3.05, 3.63) is 53.9 Å². The fourth-order valence-electron chi connectivity index (χ4n) is 1.88. The highest BCUT2D eigenvalue weighted by atomic mass is 19.1. The van der Waals surface area contributed by atoms with Gasteiger partial charge in [0.15, 0.2) is 5.65 Å². The zero-order valence-corrected chi connectivity index (χ0v) is 10.0. The van der Waals surface area contributed by atoms with Crippen LogP contribution in [0, 0.1) is 5.82 Å². The minimum Gasteiger partial charge on any atom is -0.287 e. The van der Waals surface area contributed by atoms with Crippen molar-refractivity contribution in [2.75, 3.05) is 0 Å². The van der Waals surface area contributed by atoms with Crippen LogP contribution in [0.15, 0.2) is 36.8 Å². The van der Waals surface area contributed by atoms with Crippen molar-refractivity contribution in [2.45, 2.75) is 0 Å². The molecule has 0 fully saturated rings. The van der Waals surface area contributed by atoms with E-state index in [1.165, 1.54) is 30.6 Å². The number of aromatic nitrogens is 4. The SMILES string of the molecule is Cn1ncc2c(C(=O)c3ccc(F)cc3)ncnc21. The van der Waals surface area contributed by atoms with Crippen LogP contribution in [0.1, 0.15) is 16.1 Å². The third-order valence-electron chi connectivity index (χ3n) is 2.85. The van der Waals surface area contributed by atoms with Crippen LogP contribution in [-0.2, 0) is 7.05 Å². The highest BCUT2D eigenvalue weighted by Crippen LogP contribution is 2.17. The summed E-state index contributed by atoms with van der Waals surface area (Å²) in [6.07, 6.45) is 2.87. The Labute approximate surface area is 107 Å². The average Bonchev–Trinajstić information content (AvgIpc) is 2.81. The lowest BCUT2D eigenvalue weighted by atomic mass is 10.1. The predicted octanol–water partition coefficient (Wildman–Crippen LogP) is 1.73. The number of rotatable bonds is 2. The van der Waals surface area contributed by atoms with Crippen LogP contribution < -0.4 is 0 Å². The summed E-state index contributed by atoms with van der Waals surface area (Å²) in [5.74, 6) is -0.661. The highest BCUT2D eigenvalue weighted by Gasteiger charge is 2.16. The second kappa shape index (κ2) is 4.24. The zero-order chi connectivity index (χ0) is 13.4. The maximum atomic E-state index is 12.9. The van der Waals surface area contributed by atoms with E-state index >= 15 is 0 Å². The summed E-state index contributed by atoms with van der Waals surface area (Å²) in [7, 11) is 1.74. The Hall–Kier alpha value is -2.63. The highest BCUT2D eigenvalue weighted by molar-refractivity contribution is 6.14. The zero-order valence-electron chi connectivity index (χ0n) is 10.0. The maximum absolute atomic E-state index is 12.9. The van der Waals surface area contributed by atoms with E-state index in [1.807, 2.05) is 0 Å². The number of benzene rings is 1. The molecule has 0 aliphatic carbocycles. The molecule has 5 nitrogen and oxygen atoms in total. The minimum atomic E-state index is -0.384. The van der Waals surface area contributed by atoms with Gasteiger partial charge in [0, 0.05) is 12.6 Å². The molecule has 0 atom stereocenters. The maximum Gasteiger partial charge on any atom is 0.212 e. The lowest BCUT2D eigenvalue weighted by molar-refractivity contribution is 0.103. The molecule has 19 heavy (non-hydrogen) atoms. The van der Waals surface area contributed by atoms with Gasteiger partial charge in [-0.05, 0) is 24.3 Å². The molecule has 0 spiro atoms. The molecule has 94 valence electrons. The first-order valence-corrected chi connectivity index (χ1v) is 5.60. The van der Waals surface area contributed by atoms with Gasteiger partial charge < -0.3 is 0 Å². The van der Waals surface area contributed by atoms with E-state index in [4.69, 9.17) is 0 Å². The van der Waals surface area contributed by atoms with E-state index in [-0.39, 0.29) is 17.3 Å². The number of ketones is 1. The van der Waals surface area contributed by atoms with E-state index < -0.39 is 0 Å². The van der Waals surface area contributed by atoms with E-state index in [0.29, 0.717) is 16.6 Å². The lowest BCUT2D eigenvalue weighted by Crippen LogP contribution is -2.05. The summed E-state index contributed by atoms with van der Waals surface area (Å²) >= 11 is 0. The largest absolute Gasteiger partial charge is 0.287 e. The Morgan fingerprint density at radius 1 is 1.21 bits per heavy atom. The molecule has 0 unspecified atom stereocenters. The topological polar surface area (TPSA) is 60.7 Å². The van der Waals surface area contributed by atoms with Crippen molar-refractivity contribution in [3.63, 3.8) is 0 Å². The van der Waals surface area contributed by atoms with Gasteiger partial charge in [0.05, 0.1) is 11.6 Å². The van der Waals surface area contributed by atoms with Crippen LogP contribution in [0.2, 0.25) is 0 Å². The third-order valence-corrected chi connectivity index (χ3v) is 2.85. The summed E-state index contributed by atoms with van der Waals surface area (Å²) in [6.45, 7) is 0. The average molecular weight is 256 g/mol. The number of nitrogens with zero attached hydrogens (tertiary/aromatic N) is 4. The normalized spacial score (nSPS) is 10.8. The first kappa shape index (κ1) is 11.5. The van der Waals surface area contributed by atoms with Crippen molar-refractivity contribution in [3.8, 4) is 0 Å². The predicted molar refractivity (Wildman–Crippen MR) is 66.1 cm³/mol. The number of aryl methyl sites for hydroxylation is 1. The van der Waals surface area contributed by atoms with Crippen LogP contribution in [-0.4, -0.2) is 25.5 Å². The minimum absolute atomic E-state index is 0.268. The van der Waals surface area contributed by atoms with E-state index in [0.717, 1.165) is 0 Å². The molecular weight excluding hydrogens is 247 g/mol. The summed E-state index contributed by atoms with van der Waals surface area (Å²) in [5, 5.41) is 4.63.